The van der Waals surface area contributed by atoms with Crippen LogP contribution in [0.1, 0.15) is 0 Å². The van der Waals surface area contributed by atoms with E-state index in [4.69, 9.17) is 33.8 Å². The van der Waals surface area contributed by atoms with Gasteiger partial charge in [-0.15, -0.1) is 0 Å². The van der Waals surface area contributed by atoms with Crippen LogP contribution >= 0.6 is 0 Å². The molecule has 8 heteroatoms. The van der Waals surface area contributed by atoms with Gasteiger partial charge in [-0.3, -0.25) is 0 Å². The number of para-hydroxylation sites is 4. The third-order valence-electron chi connectivity index (χ3n) is 11.9. The minimum Gasteiger partial charge on any atom is -0.455 e. The van der Waals surface area contributed by atoms with Crippen LogP contribution in [0.2, 0.25) is 0 Å². The lowest BCUT2D eigenvalue weighted by atomic mass is 10.1. The monoisotopic (exact) mass is 808 g/mol. The topological polar surface area (TPSA) is 95.7 Å². The Hall–Kier alpha value is -8.75. The normalized spacial score (nSPS) is 11.8. The minimum absolute atomic E-state index is 0.552. The van der Waals surface area contributed by atoms with Crippen molar-refractivity contribution in [2.24, 2.45) is 0 Å². The maximum absolute atomic E-state index is 6.69. The van der Waals surface area contributed by atoms with E-state index in [2.05, 4.69) is 83.4 Å². The van der Waals surface area contributed by atoms with Crippen LogP contribution < -0.4 is 0 Å². The molecule has 0 aliphatic carbocycles. The second-order valence-corrected chi connectivity index (χ2v) is 15.6. The summed E-state index contributed by atoms with van der Waals surface area (Å²) in [5.41, 5.74) is 12.0. The molecule has 0 fully saturated rings. The molecule has 0 aliphatic rings. The summed E-state index contributed by atoms with van der Waals surface area (Å²) in [4.78, 5) is 25.7. The van der Waals surface area contributed by atoms with Gasteiger partial charge in [-0.05, 0) is 72.8 Å². The minimum atomic E-state index is 0.552. The van der Waals surface area contributed by atoms with Gasteiger partial charge in [0.2, 0.25) is 0 Å². The molecule has 0 bridgehead atoms. The van der Waals surface area contributed by atoms with Crippen LogP contribution in [0, 0.1) is 0 Å². The Morgan fingerprint density at radius 3 is 1.68 bits per heavy atom. The van der Waals surface area contributed by atoms with E-state index < -0.39 is 0 Å². The van der Waals surface area contributed by atoms with Gasteiger partial charge >= 0.3 is 0 Å². The Morgan fingerprint density at radius 2 is 0.905 bits per heavy atom. The van der Waals surface area contributed by atoms with E-state index in [0.717, 1.165) is 93.8 Å². The van der Waals surface area contributed by atoms with E-state index in [1.807, 2.05) is 115 Å². The Labute approximate surface area is 359 Å². The molecule has 0 spiro atoms. The van der Waals surface area contributed by atoms with Gasteiger partial charge in [0, 0.05) is 54.9 Å². The number of benzene rings is 8. The van der Waals surface area contributed by atoms with Crippen molar-refractivity contribution in [3.63, 3.8) is 0 Å². The van der Waals surface area contributed by atoms with Gasteiger partial charge in [0.05, 0.1) is 16.6 Å². The fourth-order valence-corrected chi connectivity index (χ4v) is 8.93. The molecule has 0 aliphatic heterocycles. The SMILES string of the molecule is c1ccc(-c2nc(-c3ccc4oc5c(-c6nc(-c7ccccc7)c7oc8ccccc8c7n6)cccc5c4c3)nc(-c3ccc4c(c3)c3ccccc3n4-c3ccccc3)n2)cc1. The third-order valence-corrected chi connectivity index (χ3v) is 11.9. The second kappa shape index (κ2) is 13.9. The predicted octanol–water partition coefficient (Wildman–Crippen LogP) is 13.9. The number of nitrogens with zero attached hydrogens (tertiary/aromatic N) is 6. The molecule has 8 nitrogen and oxygen atoms in total. The second-order valence-electron chi connectivity index (χ2n) is 15.6. The summed E-state index contributed by atoms with van der Waals surface area (Å²) in [6, 6.07) is 65.9. The van der Waals surface area contributed by atoms with Crippen molar-refractivity contribution in [2.75, 3.05) is 0 Å². The molecule has 0 unspecified atom stereocenters. The Morgan fingerprint density at radius 1 is 0.333 bits per heavy atom. The molecule has 0 saturated carbocycles. The molecule has 5 heterocycles. The van der Waals surface area contributed by atoms with Crippen LogP contribution in [0.5, 0.6) is 0 Å². The van der Waals surface area contributed by atoms with Crippen LogP contribution in [0.25, 0.3) is 128 Å². The molecule has 8 aromatic carbocycles. The van der Waals surface area contributed by atoms with E-state index >= 15 is 0 Å². The average Bonchev–Trinajstić information content (AvgIpc) is 4.03. The van der Waals surface area contributed by atoms with Gasteiger partial charge in [-0.1, -0.05) is 121 Å². The number of rotatable bonds is 6. The first-order valence-corrected chi connectivity index (χ1v) is 20.8. The maximum Gasteiger partial charge on any atom is 0.180 e. The first-order valence-electron chi connectivity index (χ1n) is 20.8. The lowest BCUT2D eigenvalue weighted by molar-refractivity contribution is 0.666. The van der Waals surface area contributed by atoms with Crippen molar-refractivity contribution in [2.45, 2.75) is 0 Å². The van der Waals surface area contributed by atoms with Gasteiger partial charge in [-0.25, -0.2) is 24.9 Å². The first-order chi connectivity index (χ1) is 31.2. The smallest absolute Gasteiger partial charge is 0.180 e. The highest BCUT2D eigenvalue weighted by Gasteiger charge is 2.22. The standard InChI is InChI=1S/C55H32N6O2/c1-4-15-33(16-5-1)48-51-49(40-22-11-13-26-46(40)63-51)57-55(56-48)41-24-14-23-39-43-32-36(28-30-47(43)62-50(39)41)54-59-52(34-17-6-2-7-18-34)58-53(60-54)35-27-29-45-42(31-35)38-21-10-12-25-44(38)61(45)37-19-8-3-9-20-37/h1-32H. The predicted molar refractivity (Wildman–Crippen MR) is 251 cm³/mol. The van der Waals surface area contributed by atoms with Crippen molar-refractivity contribution in [1.82, 2.24) is 29.5 Å². The molecule has 13 rings (SSSR count). The summed E-state index contributed by atoms with van der Waals surface area (Å²) in [5, 5.41) is 5.08. The number of fused-ring (bicyclic) bond motifs is 9. The van der Waals surface area contributed by atoms with Crippen molar-refractivity contribution in [3.8, 4) is 62.5 Å². The molecule has 294 valence electrons. The molecule has 0 N–H and O–H groups in total. The highest BCUT2D eigenvalue weighted by molar-refractivity contribution is 6.12. The van der Waals surface area contributed by atoms with Crippen LogP contribution in [0.4, 0.5) is 0 Å². The third kappa shape index (κ3) is 5.66. The molecular formula is C55H32N6O2. The molecule has 0 saturated heterocycles. The van der Waals surface area contributed by atoms with E-state index in [1.54, 1.807) is 0 Å². The summed E-state index contributed by atoms with van der Waals surface area (Å²) in [6.45, 7) is 0. The summed E-state index contributed by atoms with van der Waals surface area (Å²) >= 11 is 0. The van der Waals surface area contributed by atoms with Gasteiger partial charge in [-0.2, -0.15) is 0 Å². The molecule has 13 aromatic rings. The van der Waals surface area contributed by atoms with Gasteiger partial charge in [0.1, 0.15) is 28.0 Å². The Balaban J connectivity index is 0.972. The van der Waals surface area contributed by atoms with Crippen LogP contribution in [0.15, 0.2) is 203 Å². The lowest BCUT2D eigenvalue weighted by Gasteiger charge is -2.10. The molecule has 0 atom stereocenters. The van der Waals surface area contributed by atoms with E-state index in [1.165, 1.54) is 0 Å². The molecule has 63 heavy (non-hydrogen) atoms. The fourth-order valence-electron chi connectivity index (χ4n) is 8.93. The maximum atomic E-state index is 6.69. The van der Waals surface area contributed by atoms with Crippen LogP contribution in [-0.2, 0) is 0 Å². The van der Waals surface area contributed by atoms with E-state index in [0.29, 0.717) is 34.5 Å². The van der Waals surface area contributed by atoms with Crippen molar-refractivity contribution >= 4 is 65.8 Å². The Kier molecular flexibility index (Phi) is 7.74. The zero-order valence-electron chi connectivity index (χ0n) is 33.5. The highest BCUT2D eigenvalue weighted by atomic mass is 16.3. The molecule has 0 amide bonds. The number of hydrogen-bond donors (Lipinski definition) is 0. The zero-order valence-corrected chi connectivity index (χ0v) is 33.5. The summed E-state index contributed by atoms with van der Waals surface area (Å²) in [7, 11) is 0. The number of hydrogen-bond acceptors (Lipinski definition) is 7. The summed E-state index contributed by atoms with van der Waals surface area (Å²) in [5.74, 6) is 2.29. The summed E-state index contributed by atoms with van der Waals surface area (Å²) < 4.78 is 15.4. The lowest BCUT2D eigenvalue weighted by Crippen LogP contribution is -2.00. The van der Waals surface area contributed by atoms with Gasteiger partial charge < -0.3 is 13.4 Å². The van der Waals surface area contributed by atoms with Crippen molar-refractivity contribution in [3.05, 3.63) is 194 Å². The molecule has 5 aromatic heterocycles. The first kappa shape index (κ1) is 35.0. The van der Waals surface area contributed by atoms with E-state index in [9.17, 15) is 0 Å². The van der Waals surface area contributed by atoms with Crippen LogP contribution in [-0.4, -0.2) is 29.5 Å². The Bertz CT molecular complexity index is 3910. The zero-order chi connectivity index (χ0) is 41.4. The van der Waals surface area contributed by atoms with E-state index in [-0.39, 0.29) is 0 Å². The quantitative estimate of drug-likeness (QED) is 0.165. The van der Waals surface area contributed by atoms with Gasteiger partial charge in [0.15, 0.2) is 28.9 Å². The fraction of sp³-hybridized carbons (Fsp3) is 0. The average molecular weight is 809 g/mol. The molecular weight excluding hydrogens is 777 g/mol. The summed E-state index contributed by atoms with van der Waals surface area (Å²) in [6.07, 6.45) is 0. The van der Waals surface area contributed by atoms with Gasteiger partial charge in [0.25, 0.3) is 0 Å². The van der Waals surface area contributed by atoms with Crippen molar-refractivity contribution < 1.29 is 8.83 Å². The number of furan rings is 2. The van der Waals surface area contributed by atoms with Crippen molar-refractivity contribution in [1.29, 1.82) is 0 Å². The number of aromatic nitrogens is 6. The van der Waals surface area contributed by atoms with Crippen LogP contribution in [0.3, 0.4) is 0 Å². The molecule has 0 radical (unpaired) electrons. The highest BCUT2D eigenvalue weighted by Crippen LogP contribution is 2.41. The largest absolute Gasteiger partial charge is 0.455 e.